The number of ether oxygens (including phenoxy) is 2. The minimum Gasteiger partial charge on any atom is -0.497 e. The second kappa shape index (κ2) is 4.86. The summed E-state index contributed by atoms with van der Waals surface area (Å²) in [4.78, 5) is 13.5. The van der Waals surface area contributed by atoms with Gasteiger partial charge in [-0.05, 0) is 25.6 Å². The largest absolute Gasteiger partial charge is 0.497 e. The van der Waals surface area contributed by atoms with Gasteiger partial charge in [-0.15, -0.1) is 0 Å². The average molecular weight is 250 g/mol. The number of amides is 1. The van der Waals surface area contributed by atoms with Gasteiger partial charge in [0.05, 0.1) is 19.3 Å². The average Bonchev–Trinajstić information content (AvgIpc) is 2.65. The van der Waals surface area contributed by atoms with Crippen LogP contribution in [0.4, 0.5) is 10.5 Å². The molecule has 1 atom stereocenters. The number of nitrogens with two attached hydrogens (primary N) is 1. The molecule has 2 N–H and O–H groups in total. The van der Waals surface area contributed by atoms with E-state index in [2.05, 4.69) is 0 Å². The number of carbonyl (C=O) groups excluding carboxylic acids is 1. The Bertz CT molecular complexity index is 450. The lowest BCUT2D eigenvalue weighted by Crippen LogP contribution is -2.33. The first-order chi connectivity index (χ1) is 8.58. The molecule has 0 aliphatic carbocycles. The van der Waals surface area contributed by atoms with Crippen molar-refractivity contribution in [3.63, 3.8) is 0 Å². The summed E-state index contributed by atoms with van der Waals surface area (Å²) in [5, 5.41) is 0. The number of hydrogen-bond acceptors (Lipinski definition) is 4. The quantitative estimate of drug-likeness (QED) is 0.884. The van der Waals surface area contributed by atoms with E-state index < -0.39 is 5.60 Å². The van der Waals surface area contributed by atoms with E-state index in [0.29, 0.717) is 25.3 Å². The number of cyclic esters (lactones) is 1. The van der Waals surface area contributed by atoms with Crippen molar-refractivity contribution < 1.29 is 14.3 Å². The predicted octanol–water partition coefficient (Wildman–Crippen LogP) is 1.76. The van der Waals surface area contributed by atoms with Gasteiger partial charge in [0.25, 0.3) is 0 Å². The highest BCUT2D eigenvalue weighted by Gasteiger charge is 2.41. The van der Waals surface area contributed by atoms with Crippen molar-refractivity contribution in [1.29, 1.82) is 0 Å². The summed E-state index contributed by atoms with van der Waals surface area (Å²) in [6.45, 7) is 2.91. The van der Waals surface area contributed by atoms with Crippen LogP contribution in [0, 0.1) is 0 Å². The van der Waals surface area contributed by atoms with Gasteiger partial charge < -0.3 is 15.2 Å². The number of carbonyl (C=O) groups is 1. The van der Waals surface area contributed by atoms with E-state index in [1.807, 2.05) is 31.2 Å². The lowest BCUT2D eigenvalue weighted by atomic mass is 10.0. The summed E-state index contributed by atoms with van der Waals surface area (Å²) in [6, 6.07) is 7.36. The Balaban J connectivity index is 2.21. The van der Waals surface area contributed by atoms with Gasteiger partial charge in [-0.25, -0.2) is 4.79 Å². The molecule has 1 amide bonds. The number of rotatable bonds is 4. The minimum atomic E-state index is -0.505. The van der Waals surface area contributed by atoms with Crippen LogP contribution in [0.2, 0.25) is 0 Å². The summed E-state index contributed by atoms with van der Waals surface area (Å²) in [5.74, 6) is 0.715. The lowest BCUT2D eigenvalue weighted by Gasteiger charge is -2.20. The van der Waals surface area contributed by atoms with Crippen molar-refractivity contribution in [1.82, 2.24) is 0 Å². The molecular weight excluding hydrogens is 232 g/mol. The highest BCUT2D eigenvalue weighted by molar-refractivity contribution is 5.90. The molecule has 98 valence electrons. The molecule has 1 aliphatic rings. The maximum Gasteiger partial charge on any atom is 0.415 e. The van der Waals surface area contributed by atoms with E-state index in [9.17, 15) is 4.79 Å². The standard InChI is InChI=1S/C13H18N2O3/c1-13(6-7-14)9-15(12(16)18-13)10-4-3-5-11(8-10)17-2/h3-5,8H,6-7,9,14H2,1-2H3. The molecule has 1 unspecified atom stereocenters. The van der Waals surface area contributed by atoms with Crippen LogP contribution < -0.4 is 15.4 Å². The van der Waals surface area contributed by atoms with Gasteiger partial charge in [0.1, 0.15) is 11.4 Å². The number of nitrogens with zero attached hydrogens (tertiary/aromatic N) is 1. The second-order valence-electron chi connectivity index (χ2n) is 4.64. The number of hydrogen-bond donors (Lipinski definition) is 1. The molecule has 1 aromatic rings. The third-order valence-corrected chi connectivity index (χ3v) is 3.08. The first-order valence-electron chi connectivity index (χ1n) is 5.92. The molecule has 1 aromatic carbocycles. The first-order valence-corrected chi connectivity index (χ1v) is 5.92. The molecular formula is C13H18N2O3. The van der Waals surface area contributed by atoms with E-state index in [1.165, 1.54) is 0 Å². The molecule has 0 saturated carbocycles. The Morgan fingerprint density at radius 3 is 3.00 bits per heavy atom. The van der Waals surface area contributed by atoms with Crippen LogP contribution in [-0.4, -0.2) is 31.9 Å². The fraction of sp³-hybridized carbons (Fsp3) is 0.462. The molecule has 1 aliphatic heterocycles. The molecule has 0 spiro atoms. The lowest BCUT2D eigenvalue weighted by molar-refractivity contribution is 0.0672. The summed E-state index contributed by atoms with van der Waals surface area (Å²) in [5.41, 5.74) is 5.81. The van der Waals surface area contributed by atoms with Crippen LogP contribution in [0.1, 0.15) is 13.3 Å². The molecule has 5 nitrogen and oxygen atoms in total. The van der Waals surface area contributed by atoms with Gasteiger partial charge in [0.2, 0.25) is 0 Å². The Morgan fingerprint density at radius 1 is 1.56 bits per heavy atom. The highest BCUT2D eigenvalue weighted by atomic mass is 16.6. The van der Waals surface area contributed by atoms with Crippen molar-refractivity contribution in [2.24, 2.45) is 5.73 Å². The maximum atomic E-state index is 11.9. The van der Waals surface area contributed by atoms with Gasteiger partial charge in [0.15, 0.2) is 0 Å². The van der Waals surface area contributed by atoms with Crippen LogP contribution >= 0.6 is 0 Å². The molecule has 5 heteroatoms. The van der Waals surface area contributed by atoms with E-state index >= 15 is 0 Å². The minimum absolute atomic E-state index is 0.334. The zero-order valence-corrected chi connectivity index (χ0v) is 10.7. The number of benzene rings is 1. The van der Waals surface area contributed by atoms with Gasteiger partial charge in [-0.1, -0.05) is 6.07 Å². The van der Waals surface area contributed by atoms with Crippen LogP contribution in [0.15, 0.2) is 24.3 Å². The van der Waals surface area contributed by atoms with E-state index in [1.54, 1.807) is 12.0 Å². The third-order valence-electron chi connectivity index (χ3n) is 3.08. The van der Waals surface area contributed by atoms with Gasteiger partial charge >= 0.3 is 6.09 Å². The monoisotopic (exact) mass is 250 g/mol. The number of methoxy groups -OCH3 is 1. The van der Waals surface area contributed by atoms with Crippen LogP contribution in [-0.2, 0) is 4.74 Å². The van der Waals surface area contributed by atoms with Crippen LogP contribution in [0.5, 0.6) is 5.75 Å². The molecule has 1 heterocycles. The van der Waals surface area contributed by atoms with Crippen molar-refractivity contribution >= 4 is 11.8 Å². The zero-order chi connectivity index (χ0) is 13.2. The maximum absolute atomic E-state index is 11.9. The van der Waals surface area contributed by atoms with Gasteiger partial charge in [-0.3, -0.25) is 4.90 Å². The molecule has 18 heavy (non-hydrogen) atoms. The summed E-state index contributed by atoms with van der Waals surface area (Å²) >= 11 is 0. The summed E-state index contributed by atoms with van der Waals surface area (Å²) in [6.07, 6.45) is 0.318. The Morgan fingerprint density at radius 2 is 2.33 bits per heavy atom. The SMILES string of the molecule is COc1cccc(N2CC(C)(CCN)OC2=O)c1. The fourth-order valence-electron chi connectivity index (χ4n) is 2.11. The van der Waals surface area contributed by atoms with Gasteiger partial charge in [0, 0.05) is 12.5 Å². The highest BCUT2D eigenvalue weighted by Crippen LogP contribution is 2.31. The zero-order valence-electron chi connectivity index (χ0n) is 10.7. The van der Waals surface area contributed by atoms with Crippen molar-refractivity contribution in [3.05, 3.63) is 24.3 Å². The molecule has 0 radical (unpaired) electrons. The molecule has 1 fully saturated rings. The van der Waals surface area contributed by atoms with Crippen molar-refractivity contribution in [2.45, 2.75) is 18.9 Å². The Kier molecular flexibility index (Phi) is 3.43. The van der Waals surface area contributed by atoms with Crippen molar-refractivity contribution in [3.8, 4) is 5.75 Å². The fourth-order valence-corrected chi connectivity index (χ4v) is 2.11. The second-order valence-corrected chi connectivity index (χ2v) is 4.64. The number of anilines is 1. The smallest absolute Gasteiger partial charge is 0.415 e. The van der Waals surface area contributed by atoms with E-state index in [0.717, 1.165) is 5.69 Å². The Labute approximate surface area is 106 Å². The summed E-state index contributed by atoms with van der Waals surface area (Å²) in [7, 11) is 1.60. The topological polar surface area (TPSA) is 64.8 Å². The molecule has 0 aromatic heterocycles. The third kappa shape index (κ3) is 2.41. The Hall–Kier alpha value is -1.75. The molecule has 2 rings (SSSR count). The molecule has 0 bridgehead atoms. The summed E-state index contributed by atoms with van der Waals surface area (Å²) < 4.78 is 10.5. The van der Waals surface area contributed by atoms with E-state index in [4.69, 9.17) is 15.2 Å². The van der Waals surface area contributed by atoms with E-state index in [-0.39, 0.29) is 6.09 Å². The first kappa shape index (κ1) is 12.7. The van der Waals surface area contributed by atoms with Crippen LogP contribution in [0.25, 0.3) is 0 Å². The molecule has 1 saturated heterocycles. The van der Waals surface area contributed by atoms with Gasteiger partial charge in [-0.2, -0.15) is 0 Å². The normalized spacial score (nSPS) is 23.1. The predicted molar refractivity (Wildman–Crippen MR) is 68.9 cm³/mol. The van der Waals surface area contributed by atoms with Crippen LogP contribution in [0.3, 0.4) is 0 Å². The van der Waals surface area contributed by atoms with Crippen molar-refractivity contribution in [2.75, 3.05) is 25.1 Å².